The average molecular weight is 325 g/mol. The Morgan fingerprint density at radius 2 is 2.00 bits per heavy atom. The molecule has 0 radical (unpaired) electrons. The number of carbonyl (C=O) groups excluding carboxylic acids is 2. The SMILES string of the molecule is O=C1N[C@H]2[C@H](CS[C@H]2CCCCC(=O)n2c(O)ccc2O)N1. The second kappa shape index (κ2) is 6.12. The number of thioether (sulfide) groups is 1. The predicted molar refractivity (Wildman–Crippen MR) is 82.3 cm³/mol. The van der Waals surface area contributed by atoms with E-state index in [1.54, 1.807) is 0 Å². The van der Waals surface area contributed by atoms with Crippen molar-refractivity contribution in [2.75, 3.05) is 5.75 Å². The summed E-state index contributed by atoms with van der Waals surface area (Å²) in [6.07, 6.45) is 2.76. The van der Waals surface area contributed by atoms with Gasteiger partial charge in [0, 0.05) is 29.6 Å². The van der Waals surface area contributed by atoms with Crippen molar-refractivity contribution in [2.45, 2.75) is 43.0 Å². The predicted octanol–water partition coefficient (Wildman–Crippen LogP) is 1.27. The van der Waals surface area contributed by atoms with Gasteiger partial charge in [0.2, 0.25) is 17.7 Å². The molecule has 0 aromatic carbocycles. The Kier molecular flexibility index (Phi) is 4.19. The van der Waals surface area contributed by atoms with Gasteiger partial charge < -0.3 is 20.8 Å². The van der Waals surface area contributed by atoms with E-state index in [9.17, 15) is 19.8 Å². The summed E-state index contributed by atoms with van der Waals surface area (Å²) < 4.78 is 0.918. The Morgan fingerprint density at radius 1 is 1.27 bits per heavy atom. The summed E-state index contributed by atoms with van der Waals surface area (Å²) in [5.74, 6) is 0.138. The van der Waals surface area contributed by atoms with Crippen LogP contribution in [0.1, 0.15) is 30.5 Å². The number of aromatic nitrogens is 1. The number of carbonyl (C=O) groups is 2. The summed E-state index contributed by atoms with van der Waals surface area (Å²) in [6.45, 7) is 0. The molecule has 3 atom stereocenters. The molecule has 1 aromatic rings. The lowest BCUT2D eigenvalue weighted by atomic mass is 10.0. The smallest absolute Gasteiger partial charge is 0.315 e. The molecule has 4 N–H and O–H groups in total. The quantitative estimate of drug-likeness (QED) is 0.482. The first-order chi connectivity index (χ1) is 10.6. The van der Waals surface area contributed by atoms with E-state index in [2.05, 4.69) is 10.6 Å². The minimum absolute atomic E-state index is 0.0889. The van der Waals surface area contributed by atoms with Crippen molar-refractivity contribution in [3.8, 4) is 11.8 Å². The third kappa shape index (κ3) is 2.87. The zero-order valence-corrected chi connectivity index (χ0v) is 12.8. The first-order valence-electron chi connectivity index (χ1n) is 7.38. The highest BCUT2D eigenvalue weighted by Crippen LogP contribution is 2.33. The number of rotatable bonds is 5. The summed E-state index contributed by atoms with van der Waals surface area (Å²) in [5.41, 5.74) is 0. The molecule has 2 aliphatic rings. The van der Waals surface area contributed by atoms with Gasteiger partial charge in [-0.3, -0.25) is 4.79 Å². The Bertz CT molecular complexity index is 569. The molecule has 3 heterocycles. The molecule has 2 aliphatic heterocycles. The van der Waals surface area contributed by atoms with Gasteiger partial charge in [-0.25, -0.2) is 9.36 Å². The molecule has 2 fully saturated rings. The molecular weight excluding hydrogens is 306 g/mol. The molecule has 2 saturated heterocycles. The van der Waals surface area contributed by atoms with Crippen LogP contribution in [0.3, 0.4) is 0 Å². The van der Waals surface area contributed by atoms with Crippen molar-refractivity contribution in [1.29, 1.82) is 0 Å². The molecule has 0 aliphatic carbocycles. The number of fused-ring (bicyclic) bond motifs is 1. The van der Waals surface area contributed by atoms with Crippen LogP contribution in [0.25, 0.3) is 0 Å². The lowest BCUT2D eigenvalue weighted by molar-refractivity contribution is 0.0880. The van der Waals surface area contributed by atoms with Crippen molar-refractivity contribution in [3.05, 3.63) is 12.1 Å². The number of hydrogen-bond acceptors (Lipinski definition) is 5. The van der Waals surface area contributed by atoms with Crippen LogP contribution in [0.2, 0.25) is 0 Å². The van der Waals surface area contributed by atoms with E-state index in [-0.39, 0.29) is 42.2 Å². The maximum absolute atomic E-state index is 11.9. The van der Waals surface area contributed by atoms with E-state index >= 15 is 0 Å². The highest BCUT2D eigenvalue weighted by atomic mass is 32.2. The highest BCUT2D eigenvalue weighted by molar-refractivity contribution is 8.00. The van der Waals surface area contributed by atoms with Crippen molar-refractivity contribution >= 4 is 23.7 Å². The molecule has 0 unspecified atom stereocenters. The highest BCUT2D eigenvalue weighted by Gasteiger charge is 2.42. The van der Waals surface area contributed by atoms with Crippen molar-refractivity contribution in [3.63, 3.8) is 0 Å². The van der Waals surface area contributed by atoms with Crippen LogP contribution >= 0.6 is 11.8 Å². The minimum atomic E-state index is -0.312. The normalized spacial score (nSPS) is 26.5. The fourth-order valence-electron chi connectivity index (χ4n) is 3.05. The first-order valence-corrected chi connectivity index (χ1v) is 8.42. The largest absolute Gasteiger partial charge is 0.494 e. The molecule has 0 bridgehead atoms. The van der Waals surface area contributed by atoms with Crippen molar-refractivity contribution < 1.29 is 19.8 Å². The van der Waals surface area contributed by atoms with Gasteiger partial charge in [-0.05, 0) is 12.8 Å². The lowest BCUT2D eigenvalue weighted by Gasteiger charge is -2.16. The molecule has 2 amide bonds. The standard InChI is InChI=1S/C14H19N3O4S/c18-10(17-11(19)5-6-12(17)20)4-2-1-3-9-13-8(7-22-9)15-14(21)16-13/h5-6,8-9,13,19-20H,1-4,7H2,(H2,15,16,21)/t8-,9-,13-/m0/s1. The summed E-state index contributed by atoms with van der Waals surface area (Å²) >= 11 is 1.85. The van der Waals surface area contributed by atoms with E-state index in [1.807, 2.05) is 11.8 Å². The number of nitrogens with zero attached hydrogens (tertiary/aromatic N) is 1. The Labute approximate surface area is 132 Å². The maximum atomic E-state index is 11.9. The molecule has 3 rings (SSSR count). The average Bonchev–Trinajstić information content (AvgIpc) is 3.10. The third-order valence-corrected chi connectivity index (χ3v) is 5.67. The zero-order valence-electron chi connectivity index (χ0n) is 12.0. The van der Waals surface area contributed by atoms with Crippen LogP contribution in [0.5, 0.6) is 11.8 Å². The molecule has 0 spiro atoms. The lowest BCUT2D eigenvalue weighted by Crippen LogP contribution is -2.36. The van der Waals surface area contributed by atoms with Gasteiger partial charge in [0.25, 0.3) is 0 Å². The molecule has 0 saturated carbocycles. The Balaban J connectivity index is 1.43. The van der Waals surface area contributed by atoms with E-state index < -0.39 is 0 Å². The van der Waals surface area contributed by atoms with Gasteiger partial charge in [0.05, 0.1) is 12.1 Å². The third-order valence-electron chi connectivity index (χ3n) is 4.16. The number of amides is 2. The van der Waals surface area contributed by atoms with Gasteiger partial charge in [-0.15, -0.1) is 0 Å². The topological polar surface area (TPSA) is 104 Å². The fraction of sp³-hybridized carbons (Fsp3) is 0.571. The minimum Gasteiger partial charge on any atom is -0.494 e. The van der Waals surface area contributed by atoms with Gasteiger partial charge >= 0.3 is 6.03 Å². The van der Waals surface area contributed by atoms with E-state index in [4.69, 9.17) is 0 Å². The van der Waals surface area contributed by atoms with Crippen molar-refractivity contribution in [2.24, 2.45) is 0 Å². The Morgan fingerprint density at radius 3 is 2.73 bits per heavy atom. The number of nitrogens with one attached hydrogen (secondary N) is 2. The second-order valence-electron chi connectivity index (χ2n) is 5.65. The monoisotopic (exact) mass is 325 g/mol. The van der Waals surface area contributed by atoms with Crippen LogP contribution in [0.4, 0.5) is 4.79 Å². The Hall–Kier alpha value is -1.83. The van der Waals surface area contributed by atoms with E-state index in [0.29, 0.717) is 11.7 Å². The zero-order chi connectivity index (χ0) is 15.7. The molecule has 7 nitrogen and oxygen atoms in total. The maximum Gasteiger partial charge on any atom is 0.315 e. The number of unbranched alkanes of at least 4 members (excludes halogenated alkanes) is 1. The summed E-state index contributed by atoms with van der Waals surface area (Å²) in [7, 11) is 0. The first kappa shape index (κ1) is 15.1. The van der Waals surface area contributed by atoms with E-state index in [1.165, 1.54) is 12.1 Å². The van der Waals surface area contributed by atoms with Crippen LogP contribution in [0.15, 0.2) is 12.1 Å². The van der Waals surface area contributed by atoms with Gasteiger partial charge in [-0.1, -0.05) is 6.42 Å². The number of urea groups is 1. The molecule has 1 aromatic heterocycles. The molecular formula is C14H19N3O4S. The van der Waals surface area contributed by atoms with Crippen molar-refractivity contribution in [1.82, 2.24) is 15.2 Å². The van der Waals surface area contributed by atoms with Crippen LogP contribution in [0, 0.1) is 0 Å². The van der Waals surface area contributed by atoms with Gasteiger partial charge in [0.1, 0.15) is 0 Å². The van der Waals surface area contributed by atoms with Crippen LogP contribution in [-0.2, 0) is 0 Å². The molecule has 8 heteroatoms. The second-order valence-corrected chi connectivity index (χ2v) is 6.92. The van der Waals surface area contributed by atoms with Crippen LogP contribution in [-0.4, -0.2) is 49.8 Å². The number of hydrogen-bond donors (Lipinski definition) is 4. The summed E-state index contributed by atoms with van der Waals surface area (Å²) in [4.78, 5) is 23.2. The fourth-order valence-corrected chi connectivity index (χ4v) is 4.59. The van der Waals surface area contributed by atoms with Crippen LogP contribution < -0.4 is 10.6 Å². The van der Waals surface area contributed by atoms with Gasteiger partial charge in [0.15, 0.2) is 0 Å². The summed E-state index contributed by atoms with van der Waals surface area (Å²) in [5, 5.41) is 25.2. The van der Waals surface area contributed by atoms with E-state index in [0.717, 1.165) is 23.2 Å². The molecule has 22 heavy (non-hydrogen) atoms. The van der Waals surface area contributed by atoms with Gasteiger partial charge in [-0.2, -0.15) is 11.8 Å². The number of aromatic hydroxyl groups is 2. The molecule has 120 valence electrons. The summed E-state index contributed by atoms with van der Waals surface area (Å²) in [6, 6.07) is 2.90.